The number of halogens is 2. The van der Waals surface area contributed by atoms with Gasteiger partial charge >= 0.3 is 6.03 Å². The van der Waals surface area contributed by atoms with Crippen LogP contribution in [0.1, 0.15) is 12.5 Å². The molecule has 0 fully saturated rings. The lowest BCUT2D eigenvalue weighted by Crippen LogP contribution is -2.15. The van der Waals surface area contributed by atoms with Crippen LogP contribution >= 0.6 is 23.2 Å². The molecule has 0 unspecified atom stereocenters. The molecule has 3 rings (SSSR count). The number of nitro benzene ring substituents is 1. The van der Waals surface area contributed by atoms with E-state index in [2.05, 4.69) is 10.3 Å². The number of nitrogens with zero attached hydrogens (tertiary/aromatic N) is 2. The smallest absolute Gasteiger partial charge is 0.348 e. The summed E-state index contributed by atoms with van der Waals surface area (Å²) in [5.41, 5.74) is 0.774. The van der Waals surface area contributed by atoms with E-state index >= 15 is 0 Å². The van der Waals surface area contributed by atoms with Crippen LogP contribution in [-0.2, 0) is 4.74 Å². The first-order valence-electron chi connectivity index (χ1n) is 9.36. The van der Waals surface area contributed by atoms with Gasteiger partial charge < -0.3 is 14.8 Å². The number of anilines is 1. The van der Waals surface area contributed by atoms with Crippen LogP contribution in [0.15, 0.2) is 71.7 Å². The van der Waals surface area contributed by atoms with Crippen molar-refractivity contribution in [3.8, 4) is 11.5 Å². The van der Waals surface area contributed by atoms with E-state index in [1.54, 1.807) is 49.4 Å². The van der Waals surface area contributed by atoms with Gasteiger partial charge in [-0.2, -0.15) is 4.99 Å². The Morgan fingerprint density at radius 2 is 1.56 bits per heavy atom. The molecule has 8 nitrogen and oxygen atoms in total. The van der Waals surface area contributed by atoms with Crippen molar-refractivity contribution in [3.05, 3.63) is 92.5 Å². The third-order valence-electron chi connectivity index (χ3n) is 4.05. The zero-order valence-corrected chi connectivity index (χ0v) is 18.3. The monoisotopic (exact) mass is 473 g/mol. The van der Waals surface area contributed by atoms with Gasteiger partial charge in [-0.25, -0.2) is 4.79 Å². The number of ether oxygens (including phenoxy) is 2. The minimum Gasteiger partial charge on any atom is -0.477 e. The standard InChI is InChI=1S/C22H17Cl2N3O5/c1-2-31-21(20-18(23)4-3-5-19(20)24)26-22(28)25-14-6-10-16(11-7-14)32-17-12-8-15(9-13-17)27(29)30/h3-13H,2H2,1H3,(H,25,28)/b26-21-. The largest absolute Gasteiger partial charge is 0.477 e. The molecule has 0 saturated carbocycles. The molecule has 0 spiro atoms. The first-order valence-corrected chi connectivity index (χ1v) is 10.1. The number of urea groups is 1. The number of non-ortho nitro benzene ring substituents is 1. The average Bonchev–Trinajstić information content (AvgIpc) is 2.75. The van der Waals surface area contributed by atoms with E-state index in [-0.39, 0.29) is 18.2 Å². The van der Waals surface area contributed by atoms with Gasteiger partial charge in [0.1, 0.15) is 11.5 Å². The molecule has 0 aliphatic carbocycles. The Hall–Kier alpha value is -3.62. The van der Waals surface area contributed by atoms with Gasteiger partial charge in [0.05, 0.1) is 27.1 Å². The first-order chi connectivity index (χ1) is 15.4. The SMILES string of the molecule is CCO/C(=N\C(=O)Nc1ccc(Oc2ccc([N+](=O)[O-])cc2)cc1)c1c(Cl)cccc1Cl. The van der Waals surface area contributed by atoms with Gasteiger partial charge in [0.2, 0.25) is 5.90 Å². The second-order valence-electron chi connectivity index (χ2n) is 6.25. The van der Waals surface area contributed by atoms with Crippen molar-refractivity contribution in [1.82, 2.24) is 0 Å². The van der Waals surface area contributed by atoms with Crippen LogP contribution < -0.4 is 10.1 Å². The summed E-state index contributed by atoms with van der Waals surface area (Å²) in [5, 5.41) is 14.0. The van der Waals surface area contributed by atoms with Crippen molar-refractivity contribution >= 4 is 46.5 Å². The topological polar surface area (TPSA) is 103 Å². The first kappa shape index (κ1) is 23.1. The predicted octanol–water partition coefficient (Wildman–Crippen LogP) is 6.71. The van der Waals surface area contributed by atoms with Crippen LogP contribution in [0.3, 0.4) is 0 Å². The summed E-state index contributed by atoms with van der Waals surface area (Å²) >= 11 is 12.4. The lowest BCUT2D eigenvalue weighted by molar-refractivity contribution is -0.384. The number of carbonyl (C=O) groups is 1. The summed E-state index contributed by atoms with van der Waals surface area (Å²) in [5.74, 6) is 0.937. The van der Waals surface area contributed by atoms with E-state index in [9.17, 15) is 14.9 Å². The van der Waals surface area contributed by atoms with Crippen molar-refractivity contribution in [2.75, 3.05) is 11.9 Å². The average molecular weight is 474 g/mol. The molecule has 2 amide bonds. The molecule has 164 valence electrons. The molecule has 0 heterocycles. The third-order valence-corrected chi connectivity index (χ3v) is 4.68. The van der Waals surface area contributed by atoms with Gasteiger partial charge in [0, 0.05) is 17.8 Å². The molecule has 0 bridgehead atoms. The van der Waals surface area contributed by atoms with Crippen LogP contribution in [0, 0.1) is 10.1 Å². The van der Waals surface area contributed by atoms with E-state index < -0.39 is 11.0 Å². The molecule has 0 radical (unpaired) electrons. The molecule has 0 aliphatic heterocycles. The number of amides is 2. The molecule has 1 N–H and O–H groups in total. The van der Waals surface area contributed by atoms with Crippen LogP contribution in [0.4, 0.5) is 16.2 Å². The van der Waals surface area contributed by atoms with Gasteiger partial charge in [0.25, 0.3) is 5.69 Å². The van der Waals surface area contributed by atoms with E-state index in [1.165, 1.54) is 24.3 Å². The third kappa shape index (κ3) is 5.96. The Morgan fingerprint density at radius 1 is 1.00 bits per heavy atom. The maximum atomic E-state index is 12.4. The molecule has 0 aliphatic rings. The number of benzene rings is 3. The van der Waals surface area contributed by atoms with Crippen LogP contribution in [0.2, 0.25) is 10.0 Å². The maximum Gasteiger partial charge on any atom is 0.348 e. The van der Waals surface area contributed by atoms with Crippen LogP contribution in [0.25, 0.3) is 0 Å². The summed E-state index contributed by atoms with van der Waals surface area (Å²) < 4.78 is 11.1. The van der Waals surface area contributed by atoms with Gasteiger partial charge in [-0.1, -0.05) is 29.3 Å². The van der Waals surface area contributed by atoms with E-state index in [0.29, 0.717) is 32.8 Å². The van der Waals surface area contributed by atoms with Crippen molar-refractivity contribution in [2.24, 2.45) is 4.99 Å². The minimum absolute atomic E-state index is 0.0127. The van der Waals surface area contributed by atoms with Crippen molar-refractivity contribution < 1.29 is 19.2 Å². The molecular formula is C22H17Cl2N3O5. The molecule has 3 aromatic carbocycles. The van der Waals surface area contributed by atoms with Crippen molar-refractivity contribution in [1.29, 1.82) is 0 Å². The summed E-state index contributed by atoms with van der Waals surface area (Å²) in [4.78, 5) is 26.6. The summed E-state index contributed by atoms with van der Waals surface area (Å²) in [7, 11) is 0. The summed E-state index contributed by atoms with van der Waals surface area (Å²) in [6.45, 7) is 2.02. The second kappa shape index (κ2) is 10.6. The van der Waals surface area contributed by atoms with Gasteiger partial charge in [0.15, 0.2) is 0 Å². The quantitative estimate of drug-likeness (QED) is 0.185. The molecule has 10 heteroatoms. The molecule has 0 saturated heterocycles. The summed E-state index contributed by atoms with van der Waals surface area (Å²) in [6.07, 6.45) is 0. The van der Waals surface area contributed by atoms with Gasteiger partial charge in [-0.15, -0.1) is 0 Å². The summed E-state index contributed by atoms with van der Waals surface area (Å²) in [6, 6.07) is 16.5. The van der Waals surface area contributed by atoms with Crippen molar-refractivity contribution in [3.63, 3.8) is 0 Å². The Bertz CT molecular complexity index is 1130. The minimum atomic E-state index is -0.673. The Labute approximate surface area is 193 Å². The van der Waals surface area contributed by atoms with E-state index in [0.717, 1.165) is 0 Å². The molecular weight excluding hydrogens is 457 g/mol. The van der Waals surface area contributed by atoms with E-state index in [1.807, 2.05) is 0 Å². The fraction of sp³-hybridized carbons (Fsp3) is 0.0909. The zero-order valence-electron chi connectivity index (χ0n) is 16.7. The number of aliphatic imine (C=N–C) groups is 1. The fourth-order valence-electron chi connectivity index (χ4n) is 2.62. The zero-order chi connectivity index (χ0) is 23.1. The molecule has 0 aromatic heterocycles. The molecule has 0 atom stereocenters. The number of hydrogen-bond donors (Lipinski definition) is 1. The molecule has 32 heavy (non-hydrogen) atoms. The fourth-order valence-corrected chi connectivity index (χ4v) is 3.18. The highest BCUT2D eigenvalue weighted by molar-refractivity contribution is 6.39. The molecule has 3 aromatic rings. The van der Waals surface area contributed by atoms with Crippen LogP contribution in [-0.4, -0.2) is 23.5 Å². The lowest BCUT2D eigenvalue weighted by atomic mass is 10.2. The Morgan fingerprint density at radius 3 is 2.09 bits per heavy atom. The normalized spacial score (nSPS) is 11.0. The van der Waals surface area contributed by atoms with Crippen LogP contribution in [0.5, 0.6) is 11.5 Å². The second-order valence-corrected chi connectivity index (χ2v) is 7.07. The van der Waals surface area contributed by atoms with Gasteiger partial charge in [-0.3, -0.25) is 10.1 Å². The number of hydrogen-bond acceptors (Lipinski definition) is 5. The lowest BCUT2D eigenvalue weighted by Gasteiger charge is -2.11. The van der Waals surface area contributed by atoms with Crippen molar-refractivity contribution in [2.45, 2.75) is 6.92 Å². The van der Waals surface area contributed by atoms with Gasteiger partial charge in [-0.05, 0) is 55.5 Å². The highest BCUT2D eigenvalue weighted by Gasteiger charge is 2.16. The predicted molar refractivity (Wildman–Crippen MR) is 123 cm³/mol. The Kier molecular flexibility index (Phi) is 7.64. The highest BCUT2D eigenvalue weighted by atomic mass is 35.5. The van der Waals surface area contributed by atoms with E-state index in [4.69, 9.17) is 32.7 Å². The number of carbonyl (C=O) groups excluding carboxylic acids is 1. The Balaban J connectivity index is 1.69. The highest BCUT2D eigenvalue weighted by Crippen LogP contribution is 2.27. The number of nitrogens with one attached hydrogen (secondary N) is 1. The number of nitro groups is 1. The maximum absolute atomic E-state index is 12.4. The number of rotatable bonds is 6.